The zero-order valence-corrected chi connectivity index (χ0v) is 14.6. The SMILES string of the molecule is C=CCN1C(=O)c2ccc(C(=O)NC[C@@H](C)c3ccccc3)cc2C1=O. The molecule has 0 unspecified atom stereocenters. The first-order valence-corrected chi connectivity index (χ1v) is 8.47. The summed E-state index contributed by atoms with van der Waals surface area (Å²) in [5.41, 5.74) is 2.10. The molecule has 132 valence electrons. The molecular weight excluding hydrogens is 328 g/mol. The zero-order valence-electron chi connectivity index (χ0n) is 14.6. The van der Waals surface area contributed by atoms with Crippen LogP contribution in [0.3, 0.4) is 0 Å². The third-order valence-corrected chi connectivity index (χ3v) is 4.48. The zero-order chi connectivity index (χ0) is 18.7. The highest BCUT2D eigenvalue weighted by atomic mass is 16.2. The molecule has 1 heterocycles. The van der Waals surface area contributed by atoms with Gasteiger partial charge in [0.1, 0.15) is 0 Å². The Morgan fingerprint density at radius 3 is 2.50 bits per heavy atom. The van der Waals surface area contributed by atoms with Gasteiger partial charge in [-0.15, -0.1) is 6.58 Å². The van der Waals surface area contributed by atoms with Crippen LogP contribution in [0.4, 0.5) is 0 Å². The highest BCUT2D eigenvalue weighted by Crippen LogP contribution is 2.24. The predicted octanol–water partition coefficient (Wildman–Crippen LogP) is 3.00. The average molecular weight is 348 g/mol. The van der Waals surface area contributed by atoms with Gasteiger partial charge in [-0.3, -0.25) is 19.3 Å². The molecular formula is C21H20N2O3. The number of fused-ring (bicyclic) bond motifs is 1. The first-order chi connectivity index (χ1) is 12.5. The van der Waals surface area contributed by atoms with E-state index in [0.717, 1.165) is 10.5 Å². The minimum Gasteiger partial charge on any atom is -0.351 e. The summed E-state index contributed by atoms with van der Waals surface area (Å²) in [6.45, 7) is 6.23. The molecule has 26 heavy (non-hydrogen) atoms. The lowest BCUT2D eigenvalue weighted by atomic mass is 10.0. The highest BCUT2D eigenvalue weighted by Gasteiger charge is 2.35. The average Bonchev–Trinajstić information content (AvgIpc) is 2.91. The lowest BCUT2D eigenvalue weighted by Crippen LogP contribution is -2.29. The molecule has 0 bridgehead atoms. The van der Waals surface area contributed by atoms with E-state index in [1.807, 2.05) is 37.3 Å². The minimum absolute atomic E-state index is 0.155. The van der Waals surface area contributed by atoms with Crippen LogP contribution in [0.15, 0.2) is 61.2 Å². The fourth-order valence-electron chi connectivity index (χ4n) is 2.97. The molecule has 5 nitrogen and oxygen atoms in total. The standard InChI is InChI=1S/C21H20N2O3/c1-3-11-23-20(25)17-10-9-16(12-18(17)21(23)26)19(24)22-13-14(2)15-7-5-4-6-8-15/h3-10,12,14H,1,11,13H2,2H3,(H,22,24)/t14-/m1/s1. The topological polar surface area (TPSA) is 66.5 Å². The number of amides is 3. The lowest BCUT2D eigenvalue weighted by Gasteiger charge is -2.13. The number of hydrogen-bond acceptors (Lipinski definition) is 3. The largest absolute Gasteiger partial charge is 0.351 e. The number of imide groups is 1. The number of carbonyl (C=O) groups excluding carboxylic acids is 3. The van der Waals surface area contributed by atoms with Gasteiger partial charge in [0.2, 0.25) is 0 Å². The van der Waals surface area contributed by atoms with Crippen LogP contribution in [0.2, 0.25) is 0 Å². The van der Waals surface area contributed by atoms with E-state index in [-0.39, 0.29) is 29.8 Å². The molecule has 2 aromatic carbocycles. The van der Waals surface area contributed by atoms with Crippen molar-refractivity contribution < 1.29 is 14.4 Å². The van der Waals surface area contributed by atoms with Crippen molar-refractivity contribution in [2.24, 2.45) is 0 Å². The van der Waals surface area contributed by atoms with E-state index in [1.54, 1.807) is 6.07 Å². The van der Waals surface area contributed by atoms with Crippen molar-refractivity contribution in [1.29, 1.82) is 0 Å². The van der Waals surface area contributed by atoms with Crippen LogP contribution in [0.5, 0.6) is 0 Å². The Labute approximate surface area is 152 Å². The van der Waals surface area contributed by atoms with Crippen molar-refractivity contribution in [2.45, 2.75) is 12.8 Å². The number of benzene rings is 2. The van der Waals surface area contributed by atoms with Crippen LogP contribution in [0.25, 0.3) is 0 Å². The molecule has 1 aliphatic heterocycles. The third kappa shape index (κ3) is 3.28. The van der Waals surface area contributed by atoms with E-state index in [4.69, 9.17) is 0 Å². The van der Waals surface area contributed by atoms with Crippen LogP contribution < -0.4 is 5.32 Å². The van der Waals surface area contributed by atoms with Gasteiger partial charge in [-0.25, -0.2) is 0 Å². The Morgan fingerprint density at radius 1 is 1.12 bits per heavy atom. The molecule has 3 amide bonds. The fraction of sp³-hybridized carbons (Fsp3) is 0.190. The van der Waals surface area contributed by atoms with Gasteiger partial charge in [0.05, 0.1) is 11.1 Å². The van der Waals surface area contributed by atoms with Crippen molar-refractivity contribution in [3.63, 3.8) is 0 Å². The van der Waals surface area contributed by atoms with Gasteiger partial charge in [-0.05, 0) is 29.7 Å². The Morgan fingerprint density at radius 2 is 1.81 bits per heavy atom. The molecule has 0 saturated heterocycles. The van der Waals surface area contributed by atoms with E-state index in [1.165, 1.54) is 18.2 Å². The van der Waals surface area contributed by atoms with E-state index in [0.29, 0.717) is 17.7 Å². The molecule has 5 heteroatoms. The number of nitrogens with zero attached hydrogens (tertiary/aromatic N) is 1. The minimum atomic E-state index is -0.391. The Kier molecular flexibility index (Phi) is 4.98. The van der Waals surface area contributed by atoms with Gasteiger partial charge in [0.15, 0.2) is 0 Å². The number of rotatable bonds is 6. The van der Waals surface area contributed by atoms with Crippen LogP contribution >= 0.6 is 0 Å². The third-order valence-electron chi connectivity index (χ3n) is 4.48. The molecule has 2 aromatic rings. The maximum absolute atomic E-state index is 12.4. The summed E-state index contributed by atoms with van der Waals surface area (Å²) < 4.78 is 0. The Bertz CT molecular complexity index is 874. The molecule has 0 aromatic heterocycles. The predicted molar refractivity (Wildman–Crippen MR) is 99.2 cm³/mol. The molecule has 0 fully saturated rings. The first-order valence-electron chi connectivity index (χ1n) is 8.47. The smallest absolute Gasteiger partial charge is 0.261 e. The summed E-state index contributed by atoms with van der Waals surface area (Å²) >= 11 is 0. The summed E-state index contributed by atoms with van der Waals surface area (Å²) in [5.74, 6) is -0.842. The maximum atomic E-state index is 12.4. The summed E-state index contributed by atoms with van der Waals surface area (Å²) in [4.78, 5) is 38.1. The first kappa shape index (κ1) is 17.6. The normalized spacial score (nSPS) is 14.1. The molecule has 1 atom stereocenters. The molecule has 1 aliphatic rings. The van der Waals surface area contributed by atoms with Gasteiger partial charge < -0.3 is 5.32 Å². The number of hydrogen-bond donors (Lipinski definition) is 1. The number of nitrogens with one attached hydrogen (secondary N) is 1. The van der Waals surface area contributed by atoms with Gasteiger partial charge in [0.25, 0.3) is 17.7 Å². The Hall–Kier alpha value is -3.21. The van der Waals surface area contributed by atoms with E-state index >= 15 is 0 Å². The lowest BCUT2D eigenvalue weighted by molar-refractivity contribution is 0.0672. The summed E-state index contributed by atoms with van der Waals surface area (Å²) in [6.07, 6.45) is 1.50. The molecule has 0 radical (unpaired) electrons. The second-order valence-electron chi connectivity index (χ2n) is 6.29. The second kappa shape index (κ2) is 7.35. The quantitative estimate of drug-likeness (QED) is 0.645. The van der Waals surface area contributed by atoms with Crippen molar-refractivity contribution >= 4 is 17.7 Å². The van der Waals surface area contributed by atoms with Gasteiger partial charge in [0, 0.05) is 18.7 Å². The highest BCUT2D eigenvalue weighted by molar-refractivity contribution is 6.22. The van der Waals surface area contributed by atoms with Crippen LogP contribution in [0.1, 0.15) is 49.5 Å². The van der Waals surface area contributed by atoms with Crippen molar-refractivity contribution in [3.05, 3.63) is 83.4 Å². The summed E-state index contributed by atoms with van der Waals surface area (Å²) in [5, 5.41) is 2.89. The van der Waals surface area contributed by atoms with Crippen LogP contribution in [-0.2, 0) is 0 Å². The maximum Gasteiger partial charge on any atom is 0.261 e. The number of carbonyl (C=O) groups is 3. The molecule has 0 spiro atoms. The van der Waals surface area contributed by atoms with Crippen LogP contribution in [-0.4, -0.2) is 35.7 Å². The summed E-state index contributed by atoms with van der Waals surface area (Å²) in [6, 6.07) is 14.5. The van der Waals surface area contributed by atoms with Crippen molar-refractivity contribution in [3.8, 4) is 0 Å². The summed E-state index contributed by atoms with van der Waals surface area (Å²) in [7, 11) is 0. The monoisotopic (exact) mass is 348 g/mol. The molecule has 1 N–H and O–H groups in total. The van der Waals surface area contributed by atoms with Crippen molar-refractivity contribution in [1.82, 2.24) is 10.2 Å². The van der Waals surface area contributed by atoms with Crippen molar-refractivity contribution in [2.75, 3.05) is 13.1 Å². The van der Waals surface area contributed by atoms with Gasteiger partial charge >= 0.3 is 0 Å². The molecule has 3 rings (SSSR count). The fourth-order valence-corrected chi connectivity index (χ4v) is 2.97. The second-order valence-corrected chi connectivity index (χ2v) is 6.29. The van der Waals surface area contributed by atoms with E-state index < -0.39 is 5.91 Å². The van der Waals surface area contributed by atoms with Gasteiger partial charge in [-0.2, -0.15) is 0 Å². The molecule has 0 saturated carbocycles. The Balaban J connectivity index is 1.71. The van der Waals surface area contributed by atoms with Gasteiger partial charge in [-0.1, -0.05) is 43.3 Å². The van der Waals surface area contributed by atoms with E-state index in [2.05, 4.69) is 11.9 Å². The van der Waals surface area contributed by atoms with E-state index in [9.17, 15) is 14.4 Å². The van der Waals surface area contributed by atoms with Crippen LogP contribution in [0, 0.1) is 0 Å². The molecule has 0 aliphatic carbocycles.